The summed E-state index contributed by atoms with van der Waals surface area (Å²) in [4.78, 5) is 24.9. The molecule has 0 saturated carbocycles. The van der Waals surface area contributed by atoms with Crippen LogP contribution in [-0.2, 0) is 6.61 Å². The van der Waals surface area contributed by atoms with Crippen LogP contribution in [0, 0.1) is 0 Å². The molecular formula is C27H18O5. The Morgan fingerprint density at radius 1 is 0.812 bits per heavy atom. The summed E-state index contributed by atoms with van der Waals surface area (Å²) >= 11 is 0. The van der Waals surface area contributed by atoms with Crippen molar-refractivity contribution >= 4 is 28.0 Å². The van der Waals surface area contributed by atoms with E-state index in [0.29, 0.717) is 40.0 Å². The molecule has 5 nitrogen and oxygen atoms in total. The van der Waals surface area contributed by atoms with Gasteiger partial charge in [0, 0.05) is 28.5 Å². The number of benzene rings is 3. The summed E-state index contributed by atoms with van der Waals surface area (Å²) in [6.45, 7) is 4.11. The fourth-order valence-electron chi connectivity index (χ4n) is 3.62. The Bertz CT molecular complexity index is 1570. The summed E-state index contributed by atoms with van der Waals surface area (Å²) in [5.41, 5.74) is 2.55. The highest BCUT2D eigenvalue weighted by Gasteiger charge is 2.14. The number of hydrogen-bond donors (Lipinski definition) is 0. The Morgan fingerprint density at radius 2 is 1.62 bits per heavy atom. The predicted octanol–water partition coefficient (Wildman–Crippen LogP) is 5.79. The van der Waals surface area contributed by atoms with Gasteiger partial charge in [0.05, 0.1) is 5.56 Å². The van der Waals surface area contributed by atoms with Crippen LogP contribution in [0.15, 0.2) is 104 Å². The molecule has 0 unspecified atom stereocenters. The standard InChI is InChI=1S/C27H18O5/c1-2-17-7-9-18(10-8-17)16-30-20-11-12-21-22(15-26(28)31-25(21)14-20)23-13-19-5-3-4-6-24(19)32-27(23)29/h2-15H,1,16H2. The Labute approximate surface area is 182 Å². The van der Waals surface area contributed by atoms with Crippen molar-refractivity contribution in [1.29, 1.82) is 0 Å². The second-order valence-corrected chi connectivity index (χ2v) is 7.36. The molecule has 0 N–H and O–H groups in total. The zero-order valence-electron chi connectivity index (χ0n) is 17.0. The van der Waals surface area contributed by atoms with E-state index < -0.39 is 11.3 Å². The Balaban J connectivity index is 1.53. The Morgan fingerprint density at radius 3 is 2.44 bits per heavy atom. The first-order chi connectivity index (χ1) is 15.6. The van der Waals surface area contributed by atoms with Crippen LogP contribution in [0.4, 0.5) is 0 Å². The average Bonchev–Trinajstić information content (AvgIpc) is 2.82. The highest BCUT2D eigenvalue weighted by molar-refractivity contribution is 5.95. The third-order valence-electron chi connectivity index (χ3n) is 5.27. The third kappa shape index (κ3) is 3.72. The molecule has 0 fully saturated rings. The fourth-order valence-corrected chi connectivity index (χ4v) is 3.62. The van der Waals surface area contributed by atoms with Crippen LogP contribution in [-0.4, -0.2) is 0 Å². The monoisotopic (exact) mass is 422 g/mol. The van der Waals surface area contributed by atoms with Gasteiger partial charge in [0.25, 0.3) is 0 Å². The van der Waals surface area contributed by atoms with E-state index in [1.54, 1.807) is 42.5 Å². The van der Waals surface area contributed by atoms with Gasteiger partial charge in [-0.05, 0) is 35.4 Å². The van der Waals surface area contributed by atoms with Crippen molar-refractivity contribution in [3.05, 3.63) is 117 Å². The third-order valence-corrected chi connectivity index (χ3v) is 5.27. The van der Waals surface area contributed by atoms with Crippen LogP contribution in [0.3, 0.4) is 0 Å². The summed E-state index contributed by atoms with van der Waals surface area (Å²) in [6.07, 6.45) is 1.78. The van der Waals surface area contributed by atoms with E-state index in [4.69, 9.17) is 13.6 Å². The molecule has 0 aliphatic carbocycles. The Hall–Kier alpha value is -4.38. The highest BCUT2D eigenvalue weighted by atomic mass is 16.5. The summed E-state index contributed by atoms with van der Waals surface area (Å²) in [7, 11) is 0. The van der Waals surface area contributed by atoms with Crippen LogP contribution in [0.5, 0.6) is 5.75 Å². The van der Waals surface area contributed by atoms with Crippen LogP contribution >= 0.6 is 0 Å². The van der Waals surface area contributed by atoms with Gasteiger partial charge in [-0.3, -0.25) is 0 Å². The van der Waals surface area contributed by atoms with E-state index >= 15 is 0 Å². The molecule has 0 radical (unpaired) electrons. The zero-order chi connectivity index (χ0) is 22.1. The molecule has 5 heteroatoms. The highest BCUT2D eigenvalue weighted by Crippen LogP contribution is 2.30. The lowest BCUT2D eigenvalue weighted by Gasteiger charge is -2.09. The van der Waals surface area contributed by atoms with Gasteiger partial charge in [0.1, 0.15) is 23.5 Å². The maximum absolute atomic E-state index is 12.6. The van der Waals surface area contributed by atoms with Gasteiger partial charge in [0.2, 0.25) is 0 Å². The van der Waals surface area contributed by atoms with Gasteiger partial charge >= 0.3 is 11.3 Å². The first-order valence-electron chi connectivity index (χ1n) is 10.1. The summed E-state index contributed by atoms with van der Waals surface area (Å²) in [6, 6.07) is 23.4. The van der Waals surface area contributed by atoms with Crippen LogP contribution in [0.2, 0.25) is 0 Å². The molecule has 3 aromatic carbocycles. The second kappa shape index (κ2) is 8.04. The SMILES string of the molecule is C=Cc1ccc(COc2ccc3c(-c4cc5ccccc5oc4=O)cc(=O)oc3c2)cc1. The smallest absolute Gasteiger partial charge is 0.344 e. The van der Waals surface area contributed by atoms with Crippen molar-refractivity contribution in [2.24, 2.45) is 0 Å². The maximum atomic E-state index is 12.6. The number of para-hydroxylation sites is 1. The molecule has 2 heterocycles. The van der Waals surface area contributed by atoms with Gasteiger partial charge in [-0.2, -0.15) is 0 Å². The van der Waals surface area contributed by atoms with Crippen molar-refractivity contribution in [2.75, 3.05) is 0 Å². The van der Waals surface area contributed by atoms with E-state index in [9.17, 15) is 9.59 Å². The summed E-state index contributed by atoms with van der Waals surface area (Å²) in [5.74, 6) is 0.552. The van der Waals surface area contributed by atoms with E-state index in [0.717, 1.165) is 16.5 Å². The minimum Gasteiger partial charge on any atom is -0.489 e. The minimum absolute atomic E-state index is 0.303. The molecule has 0 bridgehead atoms. The molecule has 0 amide bonds. The maximum Gasteiger partial charge on any atom is 0.344 e. The summed E-state index contributed by atoms with van der Waals surface area (Å²) < 4.78 is 16.7. The largest absolute Gasteiger partial charge is 0.489 e. The number of rotatable bonds is 5. The normalized spacial score (nSPS) is 11.0. The first kappa shape index (κ1) is 19.6. The van der Waals surface area contributed by atoms with E-state index in [1.165, 1.54) is 6.07 Å². The zero-order valence-corrected chi connectivity index (χ0v) is 17.0. The fraction of sp³-hybridized carbons (Fsp3) is 0.0370. The second-order valence-electron chi connectivity index (χ2n) is 7.36. The lowest BCUT2D eigenvalue weighted by molar-refractivity contribution is 0.306. The summed E-state index contributed by atoms with van der Waals surface area (Å²) in [5, 5.41) is 1.39. The molecule has 32 heavy (non-hydrogen) atoms. The van der Waals surface area contributed by atoms with Crippen molar-refractivity contribution in [3.63, 3.8) is 0 Å². The van der Waals surface area contributed by atoms with E-state index in [-0.39, 0.29) is 0 Å². The van der Waals surface area contributed by atoms with Crippen molar-refractivity contribution < 1.29 is 13.6 Å². The van der Waals surface area contributed by atoms with Gasteiger partial charge in [-0.1, -0.05) is 55.1 Å². The minimum atomic E-state index is -0.558. The molecule has 156 valence electrons. The molecule has 0 aliphatic heterocycles. The van der Waals surface area contributed by atoms with Gasteiger partial charge in [-0.25, -0.2) is 9.59 Å². The first-order valence-corrected chi connectivity index (χ1v) is 10.1. The molecule has 0 aliphatic rings. The average molecular weight is 422 g/mol. The number of ether oxygens (including phenoxy) is 1. The predicted molar refractivity (Wildman–Crippen MR) is 125 cm³/mol. The molecule has 0 saturated heterocycles. The topological polar surface area (TPSA) is 69.7 Å². The van der Waals surface area contributed by atoms with Crippen molar-refractivity contribution in [1.82, 2.24) is 0 Å². The van der Waals surface area contributed by atoms with Crippen LogP contribution < -0.4 is 16.0 Å². The van der Waals surface area contributed by atoms with Crippen LogP contribution in [0.25, 0.3) is 39.1 Å². The van der Waals surface area contributed by atoms with E-state index in [2.05, 4.69) is 6.58 Å². The van der Waals surface area contributed by atoms with Gasteiger partial charge in [0.15, 0.2) is 0 Å². The lowest BCUT2D eigenvalue weighted by atomic mass is 10.0. The molecule has 0 atom stereocenters. The van der Waals surface area contributed by atoms with Gasteiger partial charge < -0.3 is 13.6 Å². The molecule has 0 spiro atoms. The van der Waals surface area contributed by atoms with Crippen molar-refractivity contribution in [2.45, 2.75) is 6.61 Å². The lowest BCUT2D eigenvalue weighted by Crippen LogP contribution is -2.06. The Kier molecular flexibility index (Phi) is 4.92. The quantitative estimate of drug-likeness (QED) is 0.335. The molecule has 5 aromatic rings. The number of fused-ring (bicyclic) bond motifs is 2. The van der Waals surface area contributed by atoms with Crippen LogP contribution in [0.1, 0.15) is 11.1 Å². The molecular weight excluding hydrogens is 404 g/mol. The molecule has 5 rings (SSSR count). The van der Waals surface area contributed by atoms with Gasteiger partial charge in [-0.15, -0.1) is 0 Å². The number of hydrogen-bond acceptors (Lipinski definition) is 5. The van der Waals surface area contributed by atoms with Crippen molar-refractivity contribution in [3.8, 4) is 16.9 Å². The molecule has 2 aromatic heterocycles. The van der Waals surface area contributed by atoms with E-state index in [1.807, 2.05) is 36.4 Å².